The number of aromatic nitrogens is 2. The largest absolute Gasteiger partial charge is 0.507 e. The average molecular weight is 533 g/mol. The zero-order valence-electron chi connectivity index (χ0n) is 22.3. The van der Waals surface area contributed by atoms with Crippen LogP contribution in [0.4, 0.5) is 0 Å². The lowest BCUT2D eigenvalue weighted by Crippen LogP contribution is -2.36. The van der Waals surface area contributed by atoms with Crippen LogP contribution in [0, 0.1) is 5.92 Å². The van der Waals surface area contributed by atoms with Gasteiger partial charge in [-0.1, -0.05) is 26.0 Å². The number of aliphatic hydroxyl groups excluding tert-OH is 1. The standard InChI is InChI=1S/C30H33N3O6/c1-20(2)9-14-37-23-6-3-5-21(17-23)27-26(28(34)22-7-8-24-25(18-22)39-16-15-38-24)29(35)30(36)33(27)12-4-11-32-13-10-31-19-32/h3,5-8,10,13,17-20,27H,4,9,11-12,14-16H2,1-2H3,(H,34,35)/p+1. The third-order valence-corrected chi connectivity index (χ3v) is 6.91. The molecule has 0 saturated carbocycles. The van der Waals surface area contributed by atoms with Crippen molar-refractivity contribution in [3.63, 3.8) is 0 Å². The number of imidazole rings is 1. The molecule has 2 aromatic carbocycles. The first kappa shape index (κ1) is 26.3. The van der Waals surface area contributed by atoms with Gasteiger partial charge in [0.2, 0.25) is 6.33 Å². The van der Waals surface area contributed by atoms with Gasteiger partial charge in [0.25, 0.3) is 11.7 Å². The van der Waals surface area contributed by atoms with Crippen LogP contribution in [0.25, 0.3) is 5.76 Å². The molecule has 3 aromatic rings. The number of fused-ring (bicyclic) bond motifs is 1. The number of amides is 1. The Kier molecular flexibility index (Phi) is 7.86. The molecule has 2 N–H and O–H groups in total. The summed E-state index contributed by atoms with van der Waals surface area (Å²) >= 11 is 0. The van der Waals surface area contributed by atoms with Gasteiger partial charge in [0.05, 0.1) is 24.8 Å². The molecule has 9 heteroatoms. The second-order valence-corrected chi connectivity index (χ2v) is 10.2. The minimum atomic E-state index is -0.761. The van der Waals surface area contributed by atoms with E-state index in [9.17, 15) is 14.7 Å². The van der Waals surface area contributed by atoms with Crippen molar-refractivity contribution in [3.8, 4) is 17.2 Å². The fourth-order valence-corrected chi connectivity index (χ4v) is 4.87. The van der Waals surface area contributed by atoms with Gasteiger partial charge >= 0.3 is 0 Å². The monoisotopic (exact) mass is 532 g/mol. The van der Waals surface area contributed by atoms with E-state index in [4.69, 9.17) is 14.2 Å². The van der Waals surface area contributed by atoms with Gasteiger partial charge < -0.3 is 24.2 Å². The predicted molar refractivity (Wildman–Crippen MR) is 143 cm³/mol. The molecule has 1 aromatic heterocycles. The van der Waals surface area contributed by atoms with Gasteiger partial charge in [-0.15, -0.1) is 0 Å². The predicted octanol–water partition coefficient (Wildman–Crippen LogP) is 4.01. The number of H-pyrrole nitrogens is 1. The average Bonchev–Trinajstić information content (AvgIpc) is 3.55. The number of likely N-dealkylation sites (tertiary alicyclic amines) is 1. The molecule has 0 radical (unpaired) electrons. The molecule has 9 nitrogen and oxygen atoms in total. The molecule has 2 aliphatic heterocycles. The summed E-state index contributed by atoms with van der Waals surface area (Å²) in [6, 6.07) is 11.7. The Morgan fingerprint density at radius 3 is 2.74 bits per heavy atom. The lowest BCUT2D eigenvalue weighted by atomic mass is 9.95. The van der Waals surface area contributed by atoms with E-state index >= 15 is 0 Å². The van der Waals surface area contributed by atoms with Crippen molar-refractivity contribution in [2.75, 3.05) is 26.4 Å². The highest BCUT2D eigenvalue weighted by molar-refractivity contribution is 6.46. The minimum absolute atomic E-state index is 0.0466. The van der Waals surface area contributed by atoms with E-state index in [2.05, 4.69) is 18.8 Å². The van der Waals surface area contributed by atoms with E-state index in [-0.39, 0.29) is 11.3 Å². The number of Topliss-reactive ketones (excluding diaryl/α,β-unsaturated/α-hetero) is 1. The summed E-state index contributed by atoms with van der Waals surface area (Å²) in [7, 11) is 0. The molecule has 204 valence electrons. The van der Waals surface area contributed by atoms with Gasteiger partial charge in [-0.2, -0.15) is 0 Å². The number of nitrogens with one attached hydrogen (secondary N) is 1. The second kappa shape index (κ2) is 11.6. The van der Waals surface area contributed by atoms with Crippen molar-refractivity contribution < 1.29 is 33.5 Å². The summed E-state index contributed by atoms with van der Waals surface area (Å²) in [4.78, 5) is 31.3. The molecule has 1 unspecified atom stereocenters. The number of rotatable bonds is 10. The molecule has 0 spiro atoms. The SMILES string of the molecule is CC(C)CCOc1cccc(C2C(=C(O)c3ccc4c(c3)OCCO4)C(=O)C(=O)N2CCC[n+]2cc[nH]c2)c1. The van der Waals surface area contributed by atoms with Crippen LogP contribution in [0.15, 0.2) is 66.8 Å². The third-order valence-electron chi connectivity index (χ3n) is 6.91. The van der Waals surface area contributed by atoms with E-state index in [0.717, 1.165) is 6.42 Å². The highest BCUT2D eigenvalue weighted by Gasteiger charge is 2.46. The molecule has 5 rings (SSSR count). The van der Waals surface area contributed by atoms with Crippen LogP contribution in [0.1, 0.15) is 43.9 Å². The van der Waals surface area contributed by atoms with Crippen molar-refractivity contribution in [2.24, 2.45) is 5.92 Å². The number of benzene rings is 2. The van der Waals surface area contributed by atoms with Crippen LogP contribution in [-0.4, -0.2) is 53.0 Å². The number of nitrogens with zero attached hydrogens (tertiary/aromatic N) is 2. The van der Waals surface area contributed by atoms with Crippen molar-refractivity contribution in [2.45, 2.75) is 39.3 Å². The van der Waals surface area contributed by atoms with Crippen LogP contribution in [-0.2, 0) is 16.1 Å². The topological polar surface area (TPSA) is 105 Å². The normalized spacial score (nSPS) is 18.1. The Bertz CT molecular complexity index is 1360. The number of carbonyl (C=O) groups is 2. The van der Waals surface area contributed by atoms with Crippen LogP contribution in [0.3, 0.4) is 0 Å². The first-order chi connectivity index (χ1) is 18.9. The van der Waals surface area contributed by atoms with E-state index in [1.54, 1.807) is 23.1 Å². The molecule has 1 amide bonds. The smallest absolute Gasteiger partial charge is 0.295 e. The van der Waals surface area contributed by atoms with Gasteiger partial charge in [-0.25, -0.2) is 4.57 Å². The summed E-state index contributed by atoms with van der Waals surface area (Å²) in [5.74, 6) is 0.620. The van der Waals surface area contributed by atoms with Crippen LogP contribution >= 0.6 is 0 Å². The number of ketones is 1. The Morgan fingerprint density at radius 2 is 1.97 bits per heavy atom. The van der Waals surface area contributed by atoms with Crippen LogP contribution < -0.4 is 18.8 Å². The molecular weight excluding hydrogens is 498 g/mol. The number of carbonyl (C=O) groups excluding carboxylic acids is 2. The Morgan fingerprint density at radius 1 is 1.15 bits per heavy atom. The summed E-state index contributed by atoms with van der Waals surface area (Å²) in [5.41, 5.74) is 1.13. The van der Waals surface area contributed by atoms with Gasteiger partial charge in [0.15, 0.2) is 11.5 Å². The molecule has 3 heterocycles. The van der Waals surface area contributed by atoms with Crippen LogP contribution in [0.2, 0.25) is 0 Å². The zero-order valence-corrected chi connectivity index (χ0v) is 22.3. The Labute approximate surface area is 227 Å². The van der Waals surface area contributed by atoms with Crippen molar-refractivity contribution in [1.29, 1.82) is 0 Å². The van der Waals surface area contributed by atoms with Crippen molar-refractivity contribution in [1.82, 2.24) is 9.88 Å². The minimum Gasteiger partial charge on any atom is -0.507 e. The third kappa shape index (κ3) is 5.77. The number of aromatic amines is 1. The molecule has 39 heavy (non-hydrogen) atoms. The Balaban J connectivity index is 1.50. The van der Waals surface area contributed by atoms with E-state index in [1.807, 2.05) is 47.6 Å². The number of hydrogen-bond donors (Lipinski definition) is 2. The maximum absolute atomic E-state index is 13.4. The van der Waals surface area contributed by atoms with E-state index in [1.165, 1.54) is 0 Å². The number of aryl methyl sites for hydroxylation is 1. The summed E-state index contributed by atoms with van der Waals surface area (Å²) in [5, 5.41) is 11.5. The lowest BCUT2D eigenvalue weighted by molar-refractivity contribution is -0.695. The number of ether oxygens (including phenoxy) is 3. The molecule has 0 bridgehead atoms. The maximum atomic E-state index is 13.4. The molecule has 1 atom stereocenters. The zero-order chi connectivity index (χ0) is 27.4. The van der Waals surface area contributed by atoms with E-state index < -0.39 is 17.7 Å². The van der Waals surface area contributed by atoms with E-state index in [0.29, 0.717) is 73.6 Å². The van der Waals surface area contributed by atoms with Crippen molar-refractivity contribution >= 4 is 17.4 Å². The first-order valence-electron chi connectivity index (χ1n) is 13.4. The lowest BCUT2D eigenvalue weighted by Gasteiger charge is -2.25. The first-order valence-corrected chi connectivity index (χ1v) is 13.4. The highest BCUT2D eigenvalue weighted by atomic mass is 16.6. The Hall–Kier alpha value is -4.27. The molecule has 0 aliphatic carbocycles. The molecule has 2 aliphatic rings. The number of aliphatic hydroxyl groups is 1. The quantitative estimate of drug-likeness (QED) is 0.177. The molecular formula is C30H34N3O6+. The van der Waals surface area contributed by atoms with Crippen LogP contribution in [0.5, 0.6) is 17.2 Å². The van der Waals surface area contributed by atoms with Crippen molar-refractivity contribution in [3.05, 3.63) is 77.9 Å². The highest BCUT2D eigenvalue weighted by Crippen LogP contribution is 2.41. The van der Waals surface area contributed by atoms with Gasteiger partial charge in [0.1, 0.15) is 37.1 Å². The summed E-state index contributed by atoms with van der Waals surface area (Å²) in [6.45, 7) is 6.67. The van der Waals surface area contributed by atoms with Gasteiger partial charge in [-0.05, 0) is 48.2 Å². The fourth-order valence-electron chi connectivity index (χ4n) is 4.87. The molecule has 1 saturated heterocycles. The fraction of sp³-hybridized carbons (Fsp3) is 0.367. The van der Waals surface area contributed by atoms with Gasteiger partial charge in [-0.3, -0.25) is 14.6 Å². The second-order valence-electron chi connectivity index (χ2n) is 10.2. The summed E-state index contributed by atoms with van der Waals surface area (Å²) in [6.07, 6.45) is 7.10. The molecule has 1 fully saturated rings. The summed E-state index contributed by atoms with van der Waals surface area (Å²) < 4.78 is 19.2. The number of hydrogen-bond acceptors (Lipinski definition) is 6. The van der Waals surface area contributed by atoms with Gasteiger partial charge in [0, 0.05) is 18.5 Å². The maximum Gasteiger partial charge on any atom is 0.295 e.